The first-order chi connectivity index (χ1) is 12.0. The second-order valence-electron chi connectivity index (χ2n) is 5.29. The van der Waals surface area contributed by atoms with Crippen LogP contribution in [-0.2, 0) is 0 Å². The Kier molecular flexibility index (Phi) is 4.53. The number of hydrogen-bond acceptors (Lipinski definition) is 5. The van der Waals surface area contributed by atoms with Gasteiger partial charge in [-0.3, -0.25) is 0 Å². The third-order valence-corrected chi connectivity index (χ3v) is 3.32. The summed E-state index contributed by atoms with van der Waals surface area (Å²) in [5.74, 6) is -1.09. The molecule has 0 saturated carbocycles. The third kappa shape index (κ3) is 4.06. The van der Waals surface area contributed by atoms with E-state index in [-0.39, 0.29) is 5.95 Å². The van der Waals surface area contributed by atoms with Gasteiger partial charge in [0.05, 0.1) is 11.6 Å². The lowest BCUT2D eigenvalue weighted by atomic mass is 10.2. The van der Waals surface area contributed by atoms with Crippen LogP contribution in [0.2, 0.25) is 0 Å². The molecule has 3 rings (SSSR count). The summed E-state index contributed by atoms with van der Waals surface area (Å²) in [5, 5.41) is 14.8. The summed E-state index contributed by atoms with van der Waals surface area (Å²) in [7, 11) is 0. The Balaban J connectivity index is 1.82. The minimum atomic E-state index is -0.950. The van der Waals surface area contributed by atoms with Gasteiger partial charge in [0.15, 0.2) is 11.6 Å². The molecule has 25 heavy (non-hydrogen) atoms. The van der Waals surface area contributed by atoms with Crippen LogP contribution in [0.1, 0.15) is 11.3 Å². The molecular formula is C18H13F2N5. The molecule has 0 unspecified atom stereocenters. The molecule has 0 bridgehead atoms. The van der Waals surface area contributed by atoms with Gasteiger partial charge < -0.3 is 10.6 Å². The fraction of sp³-hybridized carbons (Fsp3) is 0.0556. The summed E-state index contributed by atoms with van der Waals surface area (Å²) < 4.78 is 26.3. The highest BCUT2D eigenvalue weighted by Crippen LogP contribution is 2.20. The van der Waals surface area contributed by atoms with E-state index < -0.39 is 11.6 Å². The Morgan fingerprint density at radius 2 is 1.60 bits per heavy atom. The van der Waals surface area contributed by atoms with Gasteiger partial charge in [0, 0.05) is 29.2 Å². The van der Waals surface area contributed by atoms with Crippen molar-refractivity contribution in [1.29, 1.82) is 5.26 Å². The van der Waals surface area contributed by atoms with E-state index in [1.54, 1.807) is 37.3 Å². The van der Waals surface area contributed by atoms with Crippen LogP contribution in [0.4, 0.5) is 31.9 Å². The fourth-order valence-corrected chi connectivity index (χ4v) is 2.17. The molecule has 0 fully saturated rings. The van der Waals surface area contributed by atoms with Crippen LogP contribution in [0.25, 0.3) is 0 Å². The van der Waals surface area contributed by atoms with Crippen molar-refractivity contribution >= 4 is 23.1 Å². The zero-order valence-corrected chi connectivity index (χ0v) is 13.2. The molecule has 1 heterocycles. The Hall–Kier alpha value is -3.53. The molecule has 7 heteroatoms. The zero-order chi connectivity index (χ0) is 17.8. The topological polar surface area (TPSA) is 73.6 Å². The van der Waals surface area contributed by atoms with Gasteiger partial charge in [-0.05, 0) is 43.3 Å². The van der Waals surface area contributed by atoms with E-state index in [9.17, 15) is 8.78 Å². The van der Waals surface area contributed by atoms with Gasteiger partial charge in [0.2, 0.25) is 5.95 Å². The van der Waals surface area contributed by atoms with Crippen LogP contribution in [-0.4, -0.2) is 9.97 Å². The van der Waals surface area contributed by atoms with Gasteiger partial charge in [-0.2, -0.15) is 10.2 Å². The molecule has 3 aromatic rings. The van der Waals surface area contributed by atoms with Crippen molar-refractivity contribution in [2.75, 3.05) is 10.6 Å². The van der Waals surface area contributed by atoms with E-state index in [2.05, 4.69) is 26.7 Å². The molecular weight excluding hydrogens is 324 g/mol. The number of benzene rings is 2. The summed E-state index contributed by atoms with van der Waals surface area (Å²) in [6, 6.07) is 14.2. The molecule has 0 aliphatic rings. The van der Waals surface area contributed by atoms with Crippen molar-refractivity contribution in [1.82, 2.24) is 9.97 Å². The van der Waals surface area contributed by atoms with Gasteiger partial charge in [-0.25, -0.2) is 13.8 Å². The lowest BCUT2D eigenvalue weighted by Gasteiger charge is -2.10. The molecule has 2 aromatic carbocycles. The van der Waals surface area contributed by atoms with Gasteiger partial charge in [-0.15, -0.1) is 0 Å². The predicted octanol–water partition coefficient (Wildman–Crippen LogP) is 4.42. The van der Waals surface area contributed by atoms with Crippen LogP contribution in [0.15, 0.2) is 48.5 Å². The first-order valence-corrected chi connectivity index (χ1v) is 7.38. The van der Waals surface area contributed by atoms with Crippen molar-refractivity contribution < 1.29 is 8.78 Å². The molecule has 1 aromatic heterocycles. The second kappa shape index (κ2) is 6.93. The normalized spacial score (nSPS) is 10.2. The van der Waals surface area contributed by atoms with E-state index in [4.69, 9.17) is 5.26 Å². The number of anilines is 4. The van der Waals surface area contributed by atoms with Gasteiger partial charge in [0.25, 0.3) is 0 Å². The lowest BCUT2D eigenvalue weighted by Crippen LogP contribution is -2.03. The predicted molar refractivity (Wildman–Crippen MR) is 90.8 cm³/mol. The lowest BCUT2D eigenvalue weighted by molar-refractivity contribution is 0.509. The molecule has 2 N–H and O–H groups in total. The maximum atomic E-state index is 13.3. The van der Waals surface area contributed by atoms with Crippen LogP contribution in [0, 0.1) is 29.9 Å². The number of nitrogens with zero attached hydrogens (tertiary/aromatic N) is 3. The summed E-state index contributed by atoms with van der Waals surface area (Å²) >= 11 is 0. The van der Waals surface area contributed by atoms with Gasteiger partial charge in [-0.1, -0.05) is 0 Å². The largest absolute Gasteiger partial charge is 0.340 e. The van der Waals surface area contributed by atoms with Gasteiger partial charge >= 0.3 is 0 Å². The van der Waals surface area contributed by atoms with Crippen molar-refractivity contribution in [2.45, 2.75) is 6.92 Å². The standard InChI is InChI=1S/C18H13F2N5/c1-11-8-17(23-13-4-2-12(10-21)3-5-13)25-18(22-11)24-14-6-7-15(19)16(20)9-14/h2-9H,1H3,(H2,22,23,24,25). The van der Waals surface area contributed by atoms with Crippen LogP contribution >= 0.6 is 0 Å². The number of halogens is 2. The van der Waals surface area contributed by atoms with E-state index in [0.717, 1.165) is 17.8 Å². The minimum absolute atomic E-state index is 0.252. The van der Waals surface area contributed by atoms with Crippen molar-refractivity contribution in [2.24, 2.45) is 0 Å². The maximum absolute atomic E-state index is 13.3. The summed E-state index contributed by atoms with van der Waals surface area (Å²) in [4.78, 5) is 8.53. The van der Waals surface area contributed by atoms with Crippen molar-refractivity contribution in [3.63, 3.8) is 0 Å². The molecule has 0 aliphatic carbocycles. The molecule has 0 aliphatic heterocycles. The maximum Gasteiger partial charge on any atom is 0.229 e. The molecule has 0 radical (unpaired) electrons. The Morgan fingerprint density at radius 3 is 2.28 bits per heavy atom. The highest BCUT2D eigenvalue weighted by Gasteiger charge is 2.06. The highest BCUT2D eigenvalue weighted by atomic mass is 19.2. The number of aryl methyl sites for hydroxylation is 1. The number of nitrogens with one attached hydrogen (secondary N) is 2. The average molecular weight is 337 g/mol. The fourth-order valence-electron chi connectivity index (χ4n) is 2.17. The summed E-state index contributed by atoms with van der Waals surface area (Å²) in [5.41, 5.74) is 2.35. The minimum Gasteiger partial charge on any atom is -0.340 e. The molecule has 0 atom stereocenters. The molecule has 5 nitrogen and oxygen atoms in total. The molecule has 124 valence electrons. The molecule has 0 saturated heterocycles. The third-order valence-electron chi connectivity index (χ3n) is 3.32. The van der Waals surface area contributed by atoms with Crippen molar-refractivity contribution in [3.05, 3.63) is 71.4 Å². The van der Waals surface area contributed by atoms with Crippen molar-refractivity contribution in [3.8, 4) is 6.07 Å². The number of rotatable bonds is 4. The van der Waals surface area contributed by atoms with Crippen LogP contribution in [0.5, 0.6) is 0 Å². The second-order valence-corrected chi connectivity index (χ2v) is 5.29. The number of nitriles is 1. The average Bonchev–Trinajstić information content (AvgIpc) is 2.58. The Labute approximate surface area is 143 Å². The number of aromatic nitrogens is 2. The monoisotopic (exact) mass is 337 g/mol. The van der Waals surface area contributed by atoms with E-state index in [0.29, 0.717) is 22.8 Å². The highest BCUT2D eigenvalue weighted by molar-refractivity contribution is 5.60. The van der Waals surface area contributed by atoms with Gasteiger partial charge in [0.1, 0.15) is 5.82 Å². The van der Waals surface area contributed by atoms with Crippen LogP contribution in [0.3, 0.4) is 0 Å². The Bertz CT molecular complexity index is 949. The quantitative estimate of drug-likeness (QED) is 0.737. The van der Waals surface area contributed by atoms with E-state index in [1.165, 1.54) is 6.07 Å². The summed E-state index contributed by atoms with van der Waals surface area (Å²) in [6.45, 7) is 1.79. The Morgan fingerprint density at radius 1 is 0.880 bits per heavy atom. The molecule has 0 amide bonds. The first kappa shape index (κ1) is 16.3. The SMILES string of the molecule is Cc1cc(Nc2ccc(C#N)cc2)nc(Nc2ccc(F)c(F)c2)n1. The van der Waals surface area contributed by atoms with E-state index in [1.807, 2.05) is 0 Å². The van der Waals surface area contributed by atoms with E-state index >= 15 is 0 Å². The number of hydrogen-bond donors (Lipinski definition) is 2. The molecule has 0 spiro atoms. The zero-order valence-electron chi connectivity index (χ0n) is 13.2. The van der Waals surface area contributed by atoms with Crippen LogP contribution < -0.4 is 10.6 Å². The smallest absolute Gasteiger partial charge is 0.229 e. The first-order valence-electron chi connectivity index (χ1n) is 7.38. The summed E-state index contributed by atoms with van der Waals surface area (Å²) in [6.07, 6.45) is 0.